The number of aryl methyl sites for hydroxylation is 1. The van der Waals surface area contributed by atoms with E-state index in [4.69, 9.17) is 0 Å². The summed E-state index contributed by atoms with van der Waals surface area (Å²) in [5.41, 5.74) is 3.62. The van der Waals surface area contributed by atoms with Gasteiger partial charge in [-0.2, -0.15) is 5.10 Å². The van der Waals surface area contributed by atoms with Crippen molar-refractivity contribution in [1.29, 1.82) is 0 Å². The first-order valence-electron chi connectivity index (χ1n) is 9.25. The molecule has 138 valence electrons. The Bertz CT molecular complexity index is 692. The summed E-state index contributed by atoms with van der Waals surface area (Å²) in [6.07, 6.45) is 3.07. The third-order valence-corrected chi connectivity index (χ3v) is 4.52. The van der Waals surface area contributed by atoms with Gasteiger partial charge >= 0.3 is 0 Å². The quantitative estimate of drug-likeness (QED) is 0.688. The highest BCUT2D eigenvalue weighted by Gasteiger charge is 2.23. The summed E-state index contributed by atoms with van der Waals surface area (Å²) in [4.78, 5) is 2.19. The second kappa shape index (κ2) is 8.45. The first kappa shape index (κ1) is 19.4. The standard InChI is InChI=1S/C18H23F2N3.C2H6/c1-4-22-7-5-6-13-8-15(16(18(19)20)9-17(13)22)14-10-21-23(11-14)12(2)3;1-2/h8-12,18H,4-7H2,1-3H3;1-2H3. The molecule has 0 spiro atoms. The van der Waals surface area contributed by atoms with Crippen LogP contribution in [-0.2, 0) is 6.42 Å². The fourth-order valence-corrected chi connectivity index (χ4v) is 3.24. The van der Waals surface area contributed by atoms with Crippen LogP contribution in [0, 0.1) is 0 Å². The summed E-state index contributed by atoms with van der Waals surface area (Å²) >= 11 is 0. The first-order chi connectivity index (χ1) is 12.0. The lowest BCUT2D eigenvalue weighted by atomic mass is 9.93. The average molecular weight is 349 g/mol. The average Bonchev–Trinajstić information content (AvgIpc) is 3.12. The smallest absolute Gasteiger partial charge is 0.264 e. The lowest BCUT2D eigenvalue weighted by Gasteiger charge is -2.31. The molecular weight excluding hydrogens is 320 g/mol. The van der Waals surface area contributed by atoms with Gasteiger partial charge in [-0.25, -0.2) is 8.78 Å². The highest BCUT2D eigenvalue weighted by Crippen LogP contribution is 2.38. The first-order valence-corrected chi connectivity index (χ1v) is 9.25. The Morgan fingerprint density at radius 2 is 1.92 bits per heavy atom. The van der Waals surface area contributed by atoms with E-state index in [2.05, 4.69) is 16.9 Å². The molecule has 0 saturated carbocycles. The number of anilines is 1. The monoisotopic (exact) mass is 349 g/mol. The van der Waals surface area contributed by atoms with Crippen LogP contribution in [0.25, 0.3) is 11.1 Å². The molecule has 0 atom stereocenters. The number of benzene rings is 1. The minimum atomic E-state index is -2.49. The molecule has 1 aromatic carbocycles. The molecule has 2 heterocycles. The normalized spacial score (nSPS) is 13.7. The summed E-state index contributed by atoms with van der Waals surface area (Å²) in [5, 5.41) is 4.30. The summed E-state index contributed by atoms with van der Waals surface area (Å²) < 4.78 is 29.1. The Kier molecular flexibility index (Phi) is 6.57. The van der Waals surface area contributed by atoms with Crippen molar-refractivity contribution in [2.75, 3.05) is 18.0 Å². The molecule has 0 bridgehead atoms. The summed E-state index contributed by atoms with van der Waals surface area (Å²) in [6, 6.07) is 3.84. The predicted molar refractivity (Wildman–Crippen MR) is 101 cm³/mol. The third kappa shape index (κ3) is 4.02. The van der Waals surface area contributed by atoms with E-state index in [1.165, 1.54) is 0 Å². The van der Waals surface area contributed by atoms with Crippen LogP contribution < -0.4 is 4.90 Å². The number of fused-ring (bicyclic) bond motifs is 1. The van der Waals surface area contributed by atoms with Crippen LogP contribution in [0.15, 0.2) is 24.5 Å². The number of rotatable bonds is 4. The maximum Gasteiger partial charge on any atom is 0.264 e. The fraction of sp³-hybridized carbons (Fsp3) is 0.550. The summed E-state index contributed by atoms with van der Waals surface area (Å²) in [6.45, 7) is 11.9. The van der Waals surface area contributed by atoms with Crippen molar-refractivity contribution in [3.8, 4) is 11.1 Å². The maximum absolute atomic E-state index is 13.6. The van der Waals surface area contributed by atoms with Crippen LogP contribution >= 0.6 is 0 Å². The Morgan fingerprint density at radius 3 is 2.48 bits per heavy atom. The largest absolute Gasteiger partial charge is 0.372 e. The van der Waals surface area contributed by atoms with Crippen molar-refractivity contribution in [3.63, 3.8) is 0 Å². The number of hydrogen-bond donors (Lipinski definition) is 0. The van der Waals surface area contributed by atoms with Crippen LogP contribution in [0.2, 0.25) is 0 Å². The molecule has 3 rings (SSSR count). The Hall–Kier alpha value is -1.91. The van der Waals surface area contributed by atoms with Crippen molar-refractivity contribution in [1.82, 2.24) is 9.78 Å². The van der Waals surface area contributed by atoms with E-state index in [-0.39, 0.29) is 11.6 Å². The maximum atomic E-state index is 13.6. The van der Waals surface area contributed by atoms with Gasteiger partial charge in [0, 0.05) is 42.1 Å². The van der Waals surface area contributed by atoms with Gasteiger partial charge < -0.3 is 4.90 Å². The van der Waals surface area contributed by atoms with Gasteiger partial charge in [-0.15, -0.1) is 0 Å². The molecule has 0 amide bonds. The van der Waals surface area contributed by atoms with Crippen molar-refractivity contribution < 1.29 is 8.78 Å². The van der Waals surface area contributed by atoms with Crippen LogP contribution in [0.4, 0.5) is 14.5 Å². The highest BCUT2D eigenvalue weighted by atomic mass is 19.3. The highest BCUT2D eigenvalue weighted by molar-refractivity contribution is 5.73. The molecule has 5 heteroatoms. The summed E-state index contributed by atoms with van der Waals surface area (Å²) in [7, 11) is 0. The van der Waals surface area contributed by atoms with E-state index in [0.717, 1.165) is 42.7 Å². The van der Waals surface area contributed by atoms with E-state index in [1.54, 1.807) is 12.3 Å². The van der Waals surface area contributed by atoms with E-state index >= 15 is 0 Å². The van der Waals surface area contributed by atoms with Gasteiger partial charge in [-0.05, 0) is 56.9 Å². The molecule has 2 aromatic rings. The second-order valence-electron chi connectivity index (χ2n) is 6.35. The molecule has 1 aromatic heterocycles. The van der Waals surface area contributed by atoms with Crippen LogP contribution in [0.5, 0.6) is 0 Å². The molecule has 0 N–H and O–H groups in total. The van der Waals surface area contributed by atoms with Gasteiger partial charge in [-0.1, -0.05) is 13.8 Å². The van der Waals surface area contributed by atoms with Crippen LogP contribution in [0.1, 0.15) is 64.6 Å². The van der Waals surface area contributed by atoms with Crippen LogP contribution in [0.3, 0.4) is 0 Å². The zero-order chi connectivity index (χ0) is 18.6. The molecular formula is C20H29F2N3. The lowest BCUT2D eigenvalue weighted by Crippen LogP contribution is -2.29. The Morgan fingerprint density at radius 1 is 1.20 bits per heavy atom. The van der Waals surface area contributed by atoms with Crippen molar-refractivity contribution in [3.05, 3.63) is 35.7 Å². The molecule has 3 nitrogen and oxygen atoms in total. The molecule has 0 saturated heterocycles. The fourth-order valence-electron chi connectivity index (χ4n) is 3.24. The number of aromatic nitrogens is 2. The van der Waals surface area contributed by atoms with Crippen LogP contribution in [-0.4, -0.2) is 22.9 Å². The molecule has 0 aliphatic carbocycles. The molecule has 1 aliphatic heterocycles. The topological polar surface area (TPSA) is 21.1 Å². The van der Waals surface area contributed by atoms with Gasteiger partial charge in [0.15, 0.2) is 0 Å². The molecule has 0 radical (unpaired) electrons. The molecule has 0 unspecified atom stereocenters. The second-order valence-corrected chi connectivity index (χ2v) is 6.35. The summed E-state index contributed by atoms with van der Waals surface area (Å²) in [5.74, 6) is 0. The Labute approximate surface area is 149 Å². The van der Waals surface area contributed by atoms with Crippen molar-refractivity contribution >= 4 is 5.69 Å². The minimum Gasteiger partial charge on any atom is -0.372 e. The van der Waals surface area contributed by atoms with Gasteiger partial charge in [0.1, 0.15) is 0 Å². The molecule has 0 fully saturated rings. The number of hydrogen-bond acceptors (Lipinski definition) is 2. The van der Waals surface area contributed by atoms with Gasteiger partial charge in [0.05, 0.1) is 6.20 Å². The molecule has 25 heavy (non-hydrogen) atoms. The Balaban J connectivity index is 0.00000109. The van der Waals surface area contributed by atoms with E-state index in [1.807, 2.05) is 44.6 Å². The van der Waals surface area contributed by atoms with Crippen molar-refractivity contribution in [2.24, 2.45) is 0 Å². The zero-order valence-corrected chi connectivity index (χ0v) is 15.9. The molecule has 1 aliphatic rings. The van der Waals surface area contributed by atoms with E-state index in [9.17, 15) is 8.78 Å². The number of nitrogens with zero attached hydrogens (tertiary/aromatic N) is 3. The lowest BCUT2D eigenvalue weighted by molar-refractivity contribution is 0.152. The third-order valence-electron chi connectivity index (χ3n) is 4.52. The van der Waals surface area contributed by atoms with Crippen molar-refractivity contribution in [2.45, 2.75) is 59.9 Å². The SMILES string of the molecule is CC.CCN1CCCc2cc(-c3cnn(C(C)C)c3)c(C(F)F)cc21. The van der Waals surface area contributed by atoms with Gasteiger partial charge in [0.2, 0.25) is 0 Å². The number of halogens is 2. The van der Waals surface area contributed by atoms with E-state index in [0.29, 0.717) is 5.56 Å². The minimum absolute atomic E-state index is 0.104. The number of alkyl halides is 2. The van der Waals surface area contributed by atoms with Gasteiger partial charge in [0.25, 0.3) is 6.43 Å². The van der Waals surface area contributed by atoms with Gasteiger partial charge in [-0.3, -0.25) is 4.68 Å². The zero-order valence-electron chi connectivity index (χ0n) is 15.9. The predicted octanol–water partition coefficient (Wildman–Crippen LogP) is 5.87. The van der Waals surface area contributed by atoms with E-state index < -0.39 is 6.43 Å².